The summed E-state index contributed by atoms with van der Waals surface area (Å²) in [5, 5.41) is 2.27. The van der Waals surface area contributed by atoms with Gasteiger partial charge in [0.2, 0.25) is 0 Å². The number of aromatic nitrogens is 2. The van der Waals surface area contributed by atoms with Gasteiger partial charge in [-0.05, 0) is 87.3 Å². The SMILES string of the molecule is CC1(c2ccccc2)c2ccccc2-c2c(-c3cc(-c4ccc(-c5cccc(-c6ccc7oc8ccccc8c7c6)c5)cc4)nc(-c4ccccc4)n3)cccc21. The highest BCUT2D eigenvalue weighted by molar-refractivity contribution is 6.06. The van der Waals surface area contributed by atoms with Gasteiger partial charge in [0.15, 0.2) is 5.82 Å². The molecule has 0 N–H and O–H groups in total. The maximum absolute atomic E-state index is 6.10. The van der Waals surface area contributed by atoms with Gasteiger partial charge in [-0.1, -0.05) is 170 Å². The molecule has 1 unspecified atom stereocenters. The van der Waals surface area contributed by atoms with Gasteiger partial charge in [0, 0.05) is 32.9 Å². The lowest BCUT2D eigenvalue weighted by molar-refractivity contribution is 0.669. The number of benzene rings is 8. The minimum atomic E-state index is -0.297. The first-order valence-corrected chi connectivity index (χ1v) is 19.5. The standard InChI is InChI=1S/C54H36N2O/c1-54(41-18-6-3-7-19-41)46-23-10-8-21-43(46)52-44(22-13-24-47(52)54)49-34-48(55-53(56-49)37-14-4-2-5-15-37)36-28-26-35(27-29-36)38-16-12-17-39(32-38)40-30-31-51-45(33-40)42-20-9-11-25-50(42)57-51/h2-34H,1H3. The number of fused-ring (bicyclic) bond motifs is 6. The lowest BCUT2D eigenvalue weighted by atomic mass is 9.74. The second-order valence-electron chi connectivity index (χ2n) is 15.1. The molecule has 268 valence electrons. The van der Waals surface area contributed by atoms with Crippen LogP contribution in [0.2, 0.25) is 0 Å². The summed E-state index contributed by atoms with van der Waals surface area (Å²) in [6.45, 7) is 2.36. The third kappa shape index (κ3) is 5.43. The summed E-state index contributed by atoms with van der Waals surface area (Å²) in [4.78, 5) is 10.5. The first kappa shape index (κ1) is 33.0. The molecular formula is C54H36N2O. The van der Waals surface area contributed by atoms with Crippen LogP contribution in [0.25, 0.3) is 89.2 Å². The number of para-hydroxylation sites is 1. The Kier molecular flexibility index (Phi) is 7.61. The van der Waals surface area contributed by atoms with Gasteiger partial charge in [-0.2, -0.15) is 0 Å². The molecule has 0 fully saturated rings. The Morgan fingerprint density at radius 1 is 0.386 bits per heavy atom. The van der Waals surface area contributed by atoms with Gasteiger partial charge >= 0.3 is 0 Å². The maximum atomic E-state index is 6.10. The van der Waals surface area contributed by atoms with Gasteiger partial charge in [-0.25, -0.2) is 9.97 Å². The second-order valence-corrected chi connectivity index (χ2v) is 15.1. The predicted octanol–water partition coefficient (Wildman–Crippen LogP) is 14.0. The molecule has 1 atom stereocenters. The monoisotopic (exact) mass is 728 g/mol. The molecule has 0 amide bonds. The topological polar surface area (TPSA) is 38.9 Å². The van der Waals surface area contributed by atoms with E-state index in [4.69, 9.17) is 14.4 Å². The lowest BCUT2D eigenvalue weighted by Gasteiger charge is -2.28. The van der Waals surface area contributed by atoms with Crippen LogP contribution >= 0.6 is 0 Å². The van der Waals surface area contributed by atoms with Gasteiger partial charge in [-0.15, -0.1) is 0 Å². The summed E-state index contributed by atoms with van der Waals surface area (Å²) in [7, 11) is 0. The minimum absolute atomic E-state index is 0.297. The van der Waals surface area contributed by atoms with Crippen molar-refractivity contribution in [1.29, 1.82) is 0 Å². The quantitative estimate of drug-likeness (QED) is 0.171. The molecule has 0 aliphatic heterocycles. The van der Waals surface area contributed by atoms with Crippen molar-refractivity contribution < 1.29 is 4.42 Å². The van der Waals surface area contributed by atoms with Crippen LogP contribution in [0.4, 0.5) is 0 Å². The van der Waals surface area contributed by atoms with Crippen molar-refractivity contribution in [2.45, 2.75) is 12.3 Å². The van der Waals surface area contributed by atoms with Crippen molar-refractivity contribution in [2.24, 2.45) is 0 Å². The Hall–Kier alpha value is -7.36. The molecule has 3 heteroatoms. The summed E-state index contributed by atoms with van der Waals surface area (Å²) in [5.41, 5.74) is 17.4. The number of furan rings is 1. The van der Waals surface area contributed by atoms with Crippen LogP contribution in [0, 0.1) is 0 Å². The van der Waals surface area contributed by atoms with Gasteiger partial charge in [0.1, 0.15) is 11.2 Å². The Morgan fingerprint density at radius 3 is 1.81 bits per heavy atom. The van der Waals surface area contributed by atoms with Gasteiger partial charge in [0.05, 0.1) is 11.4 Å². The van der Waals surface area contributed by atoms with Crippen LogP contribution < -0.4 is 0 Å². The fourth-order valence-corrected chi connectivity index (χ4v) is 8.90. The molecule has 0 saturated carbocycles. The summed E-state index contributed by atoms with van der Waals surface area (Å²) in [5.74, 6) is 0.706. The first-order valence-electron chi connectivity index (χ1n) is 19.5. The molecule has 8 aromatic carbocycles. The van der Waals surface area contributed by atoms with Crippen LogP contribution in [0.3, 0.4) is 0 Å². The highest BCUT2D eigenvalue weighted by atomic mass is 16.3. The van der Waals surface area contributed by atoms with E-state index in [2.05, 4.69) is 177 Å². The fourth-order valence-electron chi connectivity index (χ4n) is 8.90. The zero-order chi connectivity index (χ0) is 37.9. The Bertz CT molecular complexity index is 3130. The summed E-state index contributed by atoms with van der Waals surface area (Å²) in [6.07, 6.45) is 0. The van der Waals surface area contributed by atoms with E-state index >= 15 is 0 Å². The Labute approximate surface area is 331 Å². The average molecular weight is 729 g/mol. The van der Waals surface area contributed by atoms with Gasteiger partial charge in [0.25, 0.3) is 0 Å². The van der Waals surface area contributed by atoms with Crippen LogP contribution in [-0.2, 0) is 5.41 Å². The van der Waals surface area contributed by atoms with E-state index in [9.17, 15) is 0 Å². The van der Waals surface area contributed by atoms with Crippen molar-refractivity contribution in [3.8, 4) is 67.3 Å². The zero-order valence-electron chi connectivity index (χ0n) is 31.4. The fraction of sp³-hybridized carbons (Fsp3) is 0.0370. The molecule has 2 aromatic heterocycles. The van der Waals surface area contributed by atoms with E-state index in [-0.39, 0.29) is 5.41 Å². The zero-order valence-corrected chi connectivity index (χ0v) is 31.4. The lowest BCUT2D eigenvalue weighted by Crippen LogP contribution is -2.22. The van der Waals surface area contributed by atoms with Crippen molar-refractivity contribution in [3.05, 3.63) is 217 Å². The van der Waals surface area contributed by atoms with E-state index < -0.39 is 0 Å². The number of hydrogen-bond donors (Lipinski definition) is 0. The minimum Gasteiger partial charge on any atom is -0.456 e. The highest BCUT2D eigenvalue weighted by Crippen LogP contribution is 2.55. The first-order chi connectivity index (χ1) is 28.1. The van der Waals surface area contributed by atoms with E-state index in [1.54, 1.807) is 0 Å². The number of rotatable bonds is 6. The molecule has 0 radical (unpaired) electrons. The molecule has 1 aliphatic rings. The summed E-state index contributed by atoms with van der Waals surface area (Å²) >= 11 is 0. The number of nitrogens with zero attached hydrogens (tertiary/aromatic N) is 2. The summed E-state index contributed by atoms with van der Waals surface area (Å²) < 4.78 is 6.10. The largest absolute Gasteiger partial charge is 0.456 e. The Morgan fingerprint density at radius 2 is 0.965 bits per heavy atom. The smallest absolute Gasteiger partial charge is 0.160 e. The van der Waals surface area contributed by atoms with Crippen LogP contribution in [0.1, 0.15) is 23.6 Å². The van der Waals surface area contributed by atoms with Crippen LogP contribution in [0.5, 0.6) is 0 Å². The number of hydrogen-bond acceptors (Lipinski definition) is 3. The molecule has 3 nitrogen and oxygen atoms in total. The van der Waals surface area contributed by atoms with E-state index in [0.717, 1.165) is 72.3 Å². The van der Waals surface area contributed by atoms with Crippen molar-refractivity contribution in [1.82, 2.24) is 9.97 Å². The highest BCUT2D eigenvalue weighted by Gasteiger charge is 2.41. The third-order valence-electron chi connectivity index (χ3n) is 11.8. The van der Waals surface area contributed by atoms with E-state index in [0.29, 0.717) is 5.82 Å². The predicted molar refractivity (Wildman–Crippen MR) is 234 cm³/mol. The van der Waals surface area contributed by atoms with Crippen LogP contribution in [0.15, 0.2) is 205 Å². The third-order valence-corrected chi connectivity index (χ3v) is 11.8. The average Bonchev–Trinajstić information content (AvgIpc) is 3.80. The van der Waals surface area contributed by atoms with E-state index in [1.165, 1.54) is 27.8 Å². The van der Waals surface area contributed by atoms with E-state index in [1.807, 2.05) is 30.3 Å². The molecular weight excluding hydrogens is 693 g/mol. The molecule has 10 aromatic rings. The molecule has 57 heavy (non-hydrogen) atoms. The maximum Gasteiger partial charge on any atom is 0.160 e. The molecule has 0 bridgehead atoms. The Balaban J connectivity index is 1.00. The van der Waals surface area contributed by atoms with Gasteiger partial charge < -0.3 is 4.42 Å². The molecule has 1 aliphatic carbocycles. The molecule has 0 spiro atoms. The van der Waals surface area contributed by atoms with Crippen LogP contribution in [-0.4, -0.2) is 9.97 Å². The van der Waals surface area contributed by atoms with Gasteiger partial charge in [-0.3, -0.25) is 0 Å². The summed E-state index contributed by atoms with van der Waals surface area (Å²) in [6, 6.07) is 71.1. The molecule has 0 saturated heterocycles. The van der Waals surface area contributed by atoms with Crippen molar-refractivity contribution in [2.75, 3.05) is 0 Å². The molecule has 2 heterocycles. The van der Waals surface area contributed by atoms with Crippen molar-refractivity contribution in [3.63, 3.8) is 0 Å². The second kappa shape index (κ2) is 13.1. The van der Waals surface area contributed by atoms with Crippen molar-refractivity contribution >= 4 is 21.9 Å². The normalized spacial score (nSPS) is 14.5. The molecule has 11 rings (SSSR count).